The third-order valence-corrected chi connectivity index (χ3v) is 3.64. The van der Waals surface area contributed by atoms with Crippen LogP contribution in [0.25, 0.3) is 0 Å². The number of rotatable bonds is 11. The summed E-state index contributed by atoms with van der Waals surface area (Å²) in [6.07, 6.45) is 3.78. The fourth-order valence-corrected chi connectivity index (χ4v) is 2.17. The largest absolute Gasteiger partial charge is 0.490 e. The van der Waals surface area contributed by atoms with Crippen LogP contribution in [-0.4, -0.2) is 33.3 Å². The van der Waals surface area contributed by atoms with Gasteiger partial charge in [-0.2, -0.15) is 0 Å². The number of aryl methyl sites for hydroxylation is 1. The maximum Gasteiger partial charge on any atom is 0.207 e. The van der Waals surface area contributed by atoms with E-state index in [1.54, 1.807) is 7.11 Å². The average Bonchev–Trinajstić information content (AvgIpc) is 2.48. The number of carbonyl (C=O) groups is 1. The highest BCUT2D eigenvalue weighted by atomic mass is 35.5. The molecule has 0 saturated carbocycles. The van der Waals surface area contributed by atoms with E-state index in [1.165, 1.54) is 5.56 Å². The van der Waals surface area contributed by atoms with E-state index in [2.05, 4.69) is 12.2 Å². The molecule has 21 heavy (non-hydrogen) atoms. The van der Waals surface area contributed by atoms with Gasteiger partial charge in [0.25, 0.3) is 0 Å². The van der Waals surface area contributed by atoms with Crippen molar-refractivity contribution in [2.75, 3.05) is 26.9 Å². The lowest BCUT2D eigenvalue weighted by Crippen LogP contribution is -2.15. The Labute approximate surface area is 131 Å². The Kier molecular flexibility index (Phi) is 8.87. The summed E-state index contributed by atoms with van der Waals surface area (Å²) in [5, 5.41) is 3.32. The fourth-order valence-electron chi connectivity index (χ4n) is 1.99. The number of hydrogen-bond acceptors (Lipinski definition) is 3. The van der Waals surface area contributed by atoms with Crippen LogP contribution in [0.2, 0.25) is 5.02 Å². The maximum atomic E-state index is 10.2. The van der Waals surface area contributed by atoms with E-state index in [0.29, 0.717) is 29.9 Å². The predicted octanol–water partition coefficient (Wildman–Crippen LogP) is 3.07. The summed E-state index contributed by atoms with van der Waals surface area (Å²) >= 11 is 6.12. The molecule has 1 N–H and O–H groups in total. The standard InChI is InChI=1S/C16H24ClNO3/c1-13(7-8-18-12-19)3-4-14-5-6-15(17)16(11-14)21-10-9-20-2/h5-6,11-13H,3-4,7-10H2,1-2H3,(H,18,19). The number of nitrogens with one attached hydrogen (secondary N) is 1. The molecule has 1 atom stereocenters. The summed E-state index contributed by atoms with van der Waals surface area (Å²) in [4.78, 5) is 10.2. The molecular weight excluding hydrogens is 290 g/mol. The second-order valence-corrected chi connectivity index (χ2v) is 5.52. The SMILES string of the molecule is COCCOc1cc(CCC(C)CCNC=O)ccc1Cl. The van der Waals surface area contributed by atoms with Crippen LogP contribution < -0.4 is 10.1 Å². The van der Waals surface area contributed by atoms with Crippen molar-refractivity contribution in [2.45, 2.75) is 26.2 Å². The summed E-state index contributed by atoms with van der Waals surface area (Å²) in [5.41, 5.74) is 1.21. The third kappa shape index (κ3) is 7.34. The molecule has 0 spiro atoms. The van der Waals surface area contributed by atoms with E-state index < -0.39 is 0 Å². The van der Waals surface area contributed by atoms with Crippen LogP contribution in [0.5, 0.6) is 5.75 Å². The molecule has 1 amide bonds. The number of carbonyl (C=O) groups excluding carboxylic acids is 1. The summed E-state index contributed by atoms with van der Waals surface area (Å²) in [6.45, 7) is 3.96. The molecule has 0 saturated heterocycles. The second-order valence-electron chi connectivity index (χ2n) is 5.11. The molecule has 1 unspecified atom stereocenters. The highest BCUT2D eigenvalue weighted by Gasteiger charge is 2.06. The van der Waals surface area contributed by atoms with Crippen molar-refractivity contribution in [3.63, 3.8) is 0 Å². The molecule has 1 aromatic carbocycles. The Hall–Kier alpha value is -1.26. The summed E-state index contributed by atoms with van der Waals surface area (Å²) < 4.78 is 10.6. The first kappa shape index (κ1) is 17.8. The summed E-state index contributed by atoms with van der Waals surface area (Å²) in [6, 6.07) is 5.90. The molecular formula is C16H24ClNO3. The predicted molar refractivity (Wildman–Crippen MR) is 85.0 cm³/mol. The zero-order valence-corrected chi connectivity index (χ0v) is 13.5. The van der Waals surface area contributed by atoms with Crippen molar-refractivity contribution >= 4 is 18.0 Å². The number of hydrogen-bond donors (Lipinski definition) is 1. The number of benzene rings is 1. The van der Waals surface area contributed by atoms with Crippen LogP contribution in [0.15, 0.2) is 18.2 Å². The molecule has 0 aliphatic rings. The molecule has 0 radical (unpaired) electrons. The van der Waals surface area contributed by atoms with Gasteiger partial charge in [-0.05, 0) is 42.9 Å². The molecule has 5 heteroatoms. The van der Waals surface area contributed by atoms with Crippen LogP contribution in [0, 0.1) is 5.92 Å². The normalized spacial score (nSPS) is 12.0. The minimum Gasteiger partial charge on any atom is -0.490 e. The molecule has 0 aromatic heterocycles. The Morgan fingerprint density at radius 2 is 2.14 bits per heavy atom. The van der Waals surface area contributed by atoms with Gasteiger partial charge < -0.3 is 14.8 Å². The van der Waals surface area contributed by atoms with E-state index in [4.69, 9.17) is 21.1 Å². The zero-order chi connectivity index (χ0) is 15.5. The maximum absolute atomic E-state index is 10.2. The van der Waals surface area contributed by atoms with Gasteiger partial charge >= 0.3 is 0 Å². The number of halogens is 1. The molecule has 0 bridgehead atoms. The highest BCUT2D eigenvalue weighted by molar-refractivity contribution is 6.32. The lowest BCUT2D eigenvalue weighted by Gasteiger charge is -2.12. The quantitative estimate of drug-likeness (QED) is 0.504. The van der Waals surface area contributed by atoms with Gasteiger partial charge in [0.15, 0.2) is 0 Å². The van der Waals surface area contributed by atoms with E-state index in [9.17, 15) is 4.79 Å². The molecule has 4 nitrogen and oxygen atoms in total. The average molecular weight is 314 g/mol. The Balaban J connectivity index is 2.43. The smallest absolute Gasteiger partial charge is 0.207 e. The Morgan fingerprint density at radius 3 is 2.86 bits per heavy atom. The minimum atomic E-state index is 0.493. The summed E-state index contributed by atoms with van der Waals surface area (Å²) in [5.74, 6) is 1.27. The van der Waals surface area contributed by atoms with Crippen LogP contribution in [0.4, 0.5) is 0 Å². The highest BCUT2D eigenvalue weighted by Crippen LogP contribution is 2.26. The lowest BCUT2D eigenvalue weighted by molar-refractivity contribution is -0.109. The van der Waals surface area contributed by atoms with E-state index in [0.717, 1.165) is 32.2 Å². The van der Waals surface area contributed by atoms with Crippen molar-refractivity contribution in [3.05, 3.63) is 28.8 Å². The molecule has 0 heterocycles. The fraction of sp³-hybridized carbons (Fsp3) is 0.562. The Bertz CT molecular complexity index is 426. The minimum absolute atomic E-state index is 0.493. The van der Waals surface area contributed by atoms with Gasteiger partial charge in [-0.15, -0.1) is 0 Å². The third-order valence-electron chi connectivity index (χ3n) is 3.33. The van der Waals surface area contributed by atoms with Gasteiger partial charge in [0, 0.05) is 13.7 Å². The van der Waals surface area contributed by atoms with Crippen LogP contribution in [0.1, 0.15) is 25.3 Å². The van der Waals surface area contributed by atoms with Gasteiger partial charge in [-0.3, -0.25) is 4.79 Å². The molecule has 0 aliphatic heterocycles. The molecule has 0 fully saturated rings. The van der Waals surface area contributed by atoms with Crippen molar-refractivity contribution in [2.24, 2.45) is 5.92 Å². The van der Waals surface area contributed by atoms with Crippen molar-refractivity contribution in [1.29, 1.82) is 0 Å². The summed E-state index contributed by atoms with van der Waals surface area (Å²) in [7, 11) is 1.64. The van der Waals surface area contributed by atoms with Crippen molar-refractivity contribution in [1.82, 2.24) is 5.32 Å². The van der Waals surface area contributed by atoms with Crippen molar-refractivity contribution in [3.8, 4) is 5.75 Å². The van der Waals surface area contributed by atoms with Gasteiger partial charge in [-0.1, -0.05) is 24.6 Å². The number of ether oxygens (including phenoxy) is 2. The lowest BCUT2D eigenvalue weighted by atomic mass is 9.98. The number of amides is 1. The van der Waals surface area contributed by atoms with E-state index in [1.807, 2.05) is 18.2 Å². The second kappa shape index (κ2) is 10.5. The van der Waals surface area contributed by atoms with Gasteiger partial charge in [-0.25, -0.2) is 0 Å². The number of methoxy groups -OCH3 is 1. The first-order valence-corrected chi connectivity index (χ1v) is 7.62. The van der Waals surface area contributed by atoms with Gasteiger partial charge in [0.1, 0.15) is 12.4 Å². The van der Waals surface area contributed by atoms with Gasteiger partial charge in [0.2, 0.25) is 6.41 Å². The zero-order valence-electron chi connectivity index (χ0n) is 12.7. The van der Waals surface area contributed by atoms with E-state index >= 15 is 0 Å². The van der Waals surface area contributed by atoms with Crippen LogP contribution >= 0.6 is 11.6 Å². The first-order valence-electron chi connectivity index (χ1n) is 7.24. The molecule has 118 valence electrons. The van der Waals surface area contributed by atoms with Crippen LogP contribution in [-0.2, 0) is 16.0 Å². The van der Waals surface area contributed by atoms with Crippen LogP contribution in [0.3, 0.4) is 0 Å². The monoisotopic (exact) mass is 313 g/mol. The molecule has 0 aliphatic carbocycles. The Morgan fingerprint density at radius 1 is 1.33 bits per heavy atom. The van der Waals surface area contributed by atoms with Crippen molar-refractivity contribution < 1.29 is 14.3 Å². The first-order chi connectivity index (χ1) is 10.2. The molecule has 1 aromatic rings. The van der Waals surface area contributed by atoms with Gasteiger partial charge in [0.05, 0.1) is 11.6 Å². The van der Waals surface area contributed by atoms with E-state index in [-0.39, 0.29) is 0 Å². The topological polar surface area (TPSA) is 47.6 Å². The molecule has 1 rings (SSSR count).